The van der Waals surface area contributed by atoms with Crippen LogP contribution in [0.5, 0.6) is 0 Å². The van der Waals surface area contributed by atoms with Crippen LogP contribution in [-0.2, 0) is 9.47 Å². The Hall–Kier alpha value is -2.77. The molecule has 0 saturated carbocycles. The summed E-state index contributed by atoms with van der Waals surface area (Å²) in [6, 6.07) is 6.69. The normalized spacial score (nSPS) is 20.4. The first kappa shape index (κ1) is 19.0. The molecule has 27 heavy (non-hydrogen) atoms. The number of methoxy groups -OCH3 is 1. The molecular weight excluding hydrogens is 350 g/mol. The number of ether oxygens (including phenoxy) is 2. The summed E-state index contributed by atoms with van der Waals surface area (Å²) in [7, 11) is 1.30. The minimum Gasteiger partial charge on any atom is -0.465 e. The number of anilines is 1. The molecule has 8 nitrogen and oxygen atoms in total. The minimum absolute atomic E-state index is 0.0938. The summed E-state index contributed by atoms with van der Waals surface area (Å²) in [4.78, 5) is 40.0. The molecule has 1 atom stereocenters. The lowest BCUT2D eigenvalue weighted by atomic mass is 10.0. The number of carbonyl (C=O) groups is 3. The van der Waals surface area contributed by atoms with Gasteiger partial charge in [-0.2, -0.15) is 0 Å². The molecule has 0 aliphatic carbocycles. The summed E-state index contributed by atoms with van der Waals surface area (Å²) < 4.78 is 9.92. The van der Waals surface area contributed by atoms with Gasteiger partial charge in [0.15, 0.2) is 0 Å². The first-order valence-corrected chi connectivity index (χ1v) is 9.23. The maximum atomic E-state index is 12.6. The van der Waals surface area contributed by atoms with Crippen molar-refractivity contribution in [1.82, 2.24) is 9.80 Å². The summed E-state index contributed by atoms with van der Waals surface area (Å²) in [6.07, 6.45) is 2.02. The quantitative estimate of drug-likeness (QED) is 0.818. The van der Waals surface area contributed by atoms with Crippen molar-refractivity contribution in [3.63, 3.8) is 0 Å². The molecule has 2 fully saturated rings. The van der Waals surface area contributed by atoms with Crippen LogP contribution in [0.4, 0.5) is 15.3 Å². The third kappa shape index (κ3) is 3.99. The summed E-state index contributed by atoms with van der Waals surface area (Å²) in [6.45, 7) is 3.56. The van der Waals surface area contributed by atoms with Crippen LogP contribution >= 0.6 is 0 Å². The van der Waals surface area contributed by atoms with E-state index in [-0.39, 0.29) is 24.2 Å². The largest absolute Gasteiger partial charge is 0.465 e. The van der Waals surface area contributed by atoms with E-state index in [2.05, 4.69) is 5.32 Å². The van der Waals surface area contributed by atoms with E-state index in [4.69, 9.17) is 9.47 Å². The van der Waals surface area contributed by atoms with Crippen LogP contribution in [0, 0.1) is 0 Å². The number of rotatable bonds is 4. The zero-order valence-corrected chi connectivity index (χ0v) is 15.6. The van der Waals surface area contributed by atoms with Crippen molar-refractivity contribution in [2.75, 3.05) is 32.1 Å². The van der Waals surface area contributed by atoms with E-state index in [1.54, 1.807) is 29.2 Å². The van der Waals surface area contributed by atoms with Crippen molar-refractivity contribution < 1.29 is 23.9 Å². The van der Waals surface area contributed by atoms with Gasteiger partial charge in [-0.3, -0.25) is 4.90 Å². The standard InChI is InChI=1S/C19H25N3O5/c1-3-13-12-27-19(25)22(13)14-8-10-21(11-9-14)18(24)20-16-7-5-4-6-15(16)17(23)26-2/h4-7,13-14H,3,8-12H2,1-2H3,(H,20,24). The summed E-state index contributed by atoms with van der Waals surface area (Å²) in [5.41, 5.74) is 0.736. The van der Waals surface area contributed by atoms with E-state index >= 15 is 0 Å². The van der Waals surface area contributed by atoms with Crippen LogP contribution in [0.25, 0.3) is 0 Å². The first-order chi connectivity index (χ1) is 13.0. The molecule has 0 aromatic heterocycles. The van der Waals surface area contributed by atoms with Gasteiger partial charge in [-0.25, -0.2) is 14.4 Å². The molecule has 2 aliphatic heterocycles. The van der Waals surface area contributed by atoms with Crippen molar-refractivity contribution in [1.29, 1.82) is 0 Å². The number of nitrogens with zero attached hydrogens (tertiary/aromatic N) is 2. The van der Waals surface area contributed by atoms with Crippen molar-refractivity contribution in [2.24, 2.45) is 0 Å². The van der Waals surface area contributed by atoms with Crippen molar-refractivity contribution in [3.05, 3.63) is 29.8 Å². The van der Waals surface area contributed by atoms with Crippen LogP contribution in [0.3, 0.4) is 0 Å². The molecule has 1 aromatic rings. The van der Waals surface area contributed by atoms with E-state index < -0.39 is 5.97 Å². The second kappa shape index (κ2) is 8.28. The summed E-state index contributed by atoms with van der Waals surface area (Å²) in [5.74, 6) is -0.497. The van der Waals surface area contributed by atoms with Crippen LogP contribution < -0.4 is 5.32 Å². The first-order valence-electron chi connectivity index (χ1n) is 9.23. The number of hydrogen-bond donors (Lipinski definition) is 1. The summed E-state index contributed by atoms with van der Waals surface area (Å²) >= 11 is 0. The van der Waals surface area contributed by atoms with Gasteiger partial charge in [-0.1, -0.05) is 19.1 Å². The van der Waals surface area contributed by atoms with Gasteiger partial charge < -0.3 is 19.7 Å². The number of benzene rings is 1. The van der Waals surface area contributed by atoms with E-state index in [0.29, 0.717) is 43.8 Å². The number of amides is 3. The Morgan fingerprint density at radius 3 is 2.63 bits per heavy atom. The SMILES string of the molecule is CCC1COC(=O)N1C1CCN(C(=O)Nc2ccccc2C(=O)OC)CC1. The number of urea groups is 1. The zero-order chi connectivity index (χ0) is 19.4. The molecule has 2 heterocycles. The molecule has 0 spiro atoms. The predicted octanol–water partition coefficient (Wildman–Crippen LogP) is 2.70. The lowest BCUT2D eigenvalue weighted by Crippen LogP contribution is -2.50. The monoisotopic (exact) mass is 375 g/mol. The molecule has 1 unspecified atom stereocenters. The predicted molar refractivity (Wildman–Crippen MR) is 98.7 cm³/mol. The number of piperidine rings is 1. The van der Waals surface area contributed by atoms with Crippen molar-refractivity contribution >= 4 is 23.8 Å². The molecule has 3 amide bonds. The molecular formula is C19H25N3O5. The maximum Gasteiger partial charge on any atom is 0.410 e. The van der Waals surface area contributed by atoms with E-state index in [0.717, 1.165) is 6.42 Å². The number of nitrogens with one attached hydrogen (secondary N) is 1. The second-order valence-corrected chi connectivity index (χ2v) is 6.73. The second-order valence-electron chi connectivity index (χ2n) is 6.73. The fourth-order valence-corrected chi connectivity index (χ4v) is 3.65. The topological polar surface area (TPSA) is 88.2 Å². The molecule has 1 aromatic carbocycles. The highest BCUT2D eigenvalue weighted by atomic mass is 16.6. The Kier molecular flexibility index (Phi) is 5.83. The fraction of sp³-hybridized carbons (Fsp3) is 0.526. The lowest BCUT2D eigenvalue weighted by Gasteiger charge is -2.37. The van der Waals surface area contributed by atoms with Gasteiger partial charge >= 0.3 is 18.1 Å². The van der Waals surface area contributed by atoms with Gasteiger partial charge in [-0.05, 0) is 31.4 Å². The molecule has 3 rings (SSSR count). The van der Waals surface area contributed by atoms with Gasteiger partial charge in [0.05, 0.1) is 24.4 Å². The Balaban J connectivity index is 1.60. The van der Waals surface area contributed by atoms with Crippen LogP contribution in [0.2, 0.25) is 0 Å². The highest BCUT2D eigenvalue weighted by Crippen LogP contribution is 2.26. The Bertz CT molecular complexity index is 715. The van der Waals surface area contributed by atoms with E-state index in [9.17, 15) is 14.4 Å². The average Bonchev–Trinajstić information content (AvgIpc) is 3.08. The molecule has 0 bridgehead atoms. The number of likely N-dealkylation sites (tertiary alicyclic amines) is 1. The van der Waals surface area contributed by atoms with Gasteiger partial charge in [0.25, 0.3) is 0 Å². The van der Waals surface area contributed by atoms with Gasteiger partial charge in [-0.15, -0.1) is 0 Å². The molecule has 8 heteroatoms. The number of carbonyl (C=O) groups excluding carboxylic acids is 3. The number of cyclic esters (lactones) is 1. The molecule has 146 valence electrons. The lowest BCUT2D eigenvalue weighted by molar-refractivity contribution is 0.0602. The van der Waals surface area contributed by atoms with E-state index in [1.165, 1.54) is 7.11 Å². The molecule has 0 radical (unpaired) electrons. The third-order valence-electron chi connectivity index (χ3n) is 5.19. The number of esters is 1. The molecule has 2 saturated heterocycles. The number of para-hydroxylation sites is 1. The van der Waals surface area contributed by atoms with Crippen LogP contribution in [0.15, 0.2) is 24.3 Å². The average molecular weight is 375 g/mol. The van der Waals surface area contributed by atoms with Crippen LogP contribution in [0.1, 0.15) is 36.5 Å². The highest BCUT2D eigenvalue weighted by Gasteiger charge is 2.39. The Morgan fingerprint density at radius 2 is 1.96 bits per heavy atom. The number of hydrogen-bond acceptors (Lipinski definition) is 5. The van der Waals surface area contributed by atoms with Gasteiger partial charge in [0.1, 0.15) is 6.61 Å². The minimum atomic E-state index is -0.497. The third-order valence-corrected chi connectivity index (χ3v) is 5.19. The highest BCUT2D eigenvalue weighted by molar-refractivity contribution is 6.00. The fourth-order valence-electron chi connectivity index (χ4n) is 3.65. The van der Waals surface area contributed by atoms with Crippen LogP contribution in [-0.4, -0.2) is 66.8 Å². The van der Waals surface area contributed by atoms with Crippen molar-refractivity contribution in [2.45, 2.75) is 38.3 Å². The molecule has 1 N–H and O–H groups in total. The van der Waals surface area contributed by atoms with E-state index in [1.807, 2.05) is 11.8 Å². The molecule has 2 aliphatic rings. The van der Waals surface area contributed by atoms with Crippen molar-refractivity contribution in [3.8, 4) is 0 Å². The smallest absolute Gasteiger partial charge is 0.410 e. The van der Waals surface area contributed by atoms with Gasteiger partial charge in [0, 0.05) is 19.1 Å². The Morgan fingerprint density at radius 1 is 1.26 bits per heavy atom. The van der Waals surface area contributed by atoms with Gasteiger partial charge in [0.2, 0.25) is 0 Å². The summed E-state index contributed by atoms with van der Waals surface area (Å²) in [5, 5.41) is 2.79. The zero-order valence-electron chi connectivity index (χ0n) is 15.6. The maximum absolute atomic E-state index is 12.6. The Labute approximate surface area is 158 Å².